The lowest BCUT2D eigenvalue weighted by atomic mass is 9.54. The van der Waals surface area contributed by atoms with Crippen molar-refractivity contribution in [1.29, 1.82) is 0 Å². The Morgan fingerprint density at radius 3 is 1.95 bits per heavy atom. The molecule has 2 saturated heterocycles. The van der Waals surface area contributed by atoms with E-state index in [1.165, 1.54) is 89.0 Å². The van der Waals surface area contributed by atoms with Crippen LogP contribution < -0.4 is 0 Å². The highest BCUT2D eigenvalue weighted by molar-refractivity contribution is 7.47. The fraction of sp³-hybridized carbons (Fsp3) is 0.875. The zero-order valence-corrected chi connectivity index (χ0v) is 25.2. The summed E-state index contributed by atoms with van der Waals surface area (Å²) in [6, 6.07) is 1.37. The molecule has 6 fully saturated rings. The number of phosphoric acid groups is 1. The van der Waals surface area contributed by atoms with Gasteiger partial charge in [0, 0.05) is 25.7 Å². The van der Waals surface area contributed by atoms with Crippen molar-refractivity contribution in [3.63, 3.8) is 0 Å². The highest BCUT2D eigenvalue weighted by Crippen LogP contribution is 2.56. The maximum absolute atomic E-state index is 12.2. The van der Waals surface area contributed by atoms with Crippen LogP contribution in [0, 0.1) is 23.7 Å². The van der Waals surface area contributed by atoms with Gasteiger partial charge < -0.3 is 9.38 Å². The maximum atomic E-state index is 12.2. The first-order valence-electron chi connectivity index (χ1n) is 16.1. The van der Waals surface area contributed by atoms with Crippen molar-refractivity contribution >= 4 is 7.82 Å². The van der Waals surface area contributed by atoms with E-state index in [4.69, 9.17) is 9.05 Å². The largest absolute Gasteiger partial charge is 0.472 e. The van der Waals surface area contributed by atoms with Gasteiger partial charge in [-0.2, -0.15) is 0 Å². The van der Waals surface area contributed by atoms with Crippen LogP contribution in [0.4, 0.5) is 0 Å². The number of fused-ring (bicyclic) bond motifs is 2. The van der Waals surface area contributed by atoms with Crippen LogP contribution in [0.15, 0.2) is 23.3 Å². The molecule has 6 bridgehead atoms. The zero-order chi connectivity index (χ0) is 26.6. The monoisotopic (exact) mass is 548 g/mol. The molecule has 6 aliphatic rings. The molecule has 5 nitrogen and oxygen atoms in total. The van der Waals surface area contributed by atoms with Crippen LogP contribution >= 0.6 is 7.82 Å². The predicted molar refractivity (Wildman–Crippen MR) is 155 cm³/mol. The molecule has 1 unspecified atom stereocenters. The second-order valence-corrected chi connectivity index (χ2v) is 15.5. The molecule has 4 aliphatic carbocycles. The highest BCUT2D eigenvalue weighted by Gasteiger charge is 2.47. The van der Waals surface area contributed by atoms with Gasteiger partial charge in [-0.3, -0.25) is 9.05 Å². The van der Waals surface area contributed by atoms with Crippen molar-refractivity contribution in [2.45, 2.75) is 128 Å². The highest BCUT2D eigenvalue weighted by atomic mass is 31.2. The van der Waals surface area contributed by atoms with E-state index in [-0.39, 0.29) is 6.61 Å². The quantitative estimate of drug-likeness (QED) is 0.0967. The summed E-state index contributed by atoms with van der Waals surface area (Å²) in [4.78, 5) is 10.0. The van der Waals surface area contributed by atoms with Gasteiger partial charge in [-0.25, -0.2) is 4.57 Å². The van der Waals surface area contributed by atoms with Gasteiger partial charge in [-0.15, -0.1) is 0 Å². The number of rotatable bonds is 15. The second-order valence-electron chi connectivity index (χ2n) is 14.0. The molecular formula is C32H55NO4P+. The summed E-state index contributed by atoms with van der Waals surface area (Å²) in [6.07, 6.45) is 28.0. The van der Waals surface area contributed by atoms with E-state index in [1.807, 2.05) is 11.6 Å². The Kier molecular flexibility index (Phi) is 9.96. The van der Waals surface area contributed by atoms with E-state index >= 15 is 0 Å². The van der Waals surface area contributed by atoms with E-state index < -0.39 is 7.82 Å². The Balaban J connectivity index is 0.842. The molecule has 2 aliphatic heterocycles. The van der Waals surface area contributed by atoms with Gasteiger partial charge in [0.25, 0.3) is 0 Å². The van der Waals surface area contributed by atoms with E-state index in [1.54, 1.807) is 6.42 Å². The number of hydrogen-bond donors (Lipinski definition) is 1. The zero-order valence-electron chi connectivity index (χ0n) is 24.3. The normalized spacial score (nSPS) is 35.7. The molecule has 0 aromatic heterocycles. The van der Waals surface area contributed by atoms with Crippen molar-refractivity contribution in [1.82, 2.24) is 0 Å². The topological polar surface area (TPSA) is 55.8 Å². The van der Waals surface area contributed by atoms with Gasteiger partial charge in [0.15, 0.2) is 0 Å². The Labute approximate surface area is 232 Å². The molecule has 0 aromatic rings. The van der Waals surface area contributed by atoms with Crippen LogP contribution in [0.5, 0.6) is 0 Å². The van der Waals surface area contributed by atoms with Gasteiger partial charge in [0.05, 0.1) is 39.4 Å². The minimum Gasteiger partial charge on any atom is -0.323 e. The summed E-state index contributed by atoms with van der Waals surface area (Å²) >= 11 is 0. The molecule has 1 N–H and O–H groups in total. The van der Waals surface area contributed by atoms with Gasteiger partial charge in [0.2, 0.25) is 0 Å². The van der Waals surface area contributed by atoms with E-state index in [2.05, 4.69) is 20.2 Å². The SMILES string of the molecule is C[N+]1(C)[C@@H]2CC[C@H]1CC(=CCOP(=O)(O)OCCCCCCCCCCC=C1C3CC4CC(C3)CC1C4)C2. The van der Waals surface area contributed by atoms with Gasteiger partial charge in [-0.1, -0.05) is 61.8 Å². The number of phosphoric ester groups is 1. The molecule has 0 aromatic carbocycles. The van der Waals surface area contributed by atoms with Crippen molar-refractivity contribution in [3.05, 3.63) is 23.3 Å². The average Bonchev–Trinajstić information content (AvgIpc) is 3.01. The van der Waals surface area contributed by atoms with Gasteiger partial charge in [0.1, 0.15) is 0 Å². The molecule has 0 spiro atoms. The van der Waals surface area contributed by atoms with Gasteiger partial charge in [-0.05, 0) is 75.0 Å². The summed E-state index contributed by atoms with van der Waals surface area (Å²) in [5.41, 5.74) is 3.25. The summed E-state index contributed by atoms with van der Waals surface area (Å²) < 4.78 is 23.8. The minimum atomic E-state index is -3.95. The van der Waals surface area contributed by atoms with E-state index in [0.717, 1.165) is 53.8 Å². The molecular weight excluding hydrogens is 493 g/mol. The van der Waals surface area contributed by atoms with E-state index in [0.29, 0.717) is 18.7 Å². The van der Waals surface area contributed by atoms with Crippen LogP contribution in [0.3, 0.4) is 0 Å². The van der Waals surface area contributed by atoms with Crippen LogP contribution in [0.1, 0.15) is 116 Å². The van der Waals surface area contributed by atoms with Crippen LogP contribution in [-0.4, -0.2) is 48.8 Å². The summed E-state index contributed by atoms with van der Waals surface area (Å²) in [5.74, 6) is 4.06. The van der Waals surface area contributed by atoms with Crippen molar-refractivity contribution < 1.29 is 23.0 Å². The number of unbranched alkanes of at least 4 members (excludes halogenated alkanes) is 8. The number of quaternary nitrogens is 1. The predicted octanol–water partition coefficient (Wildman–Crippen LogP) is 8.34. The first kappa shape index (κ1) is 29.1. The molecule has 3 atom stereocenters. The third-order valence-corrected chi connectivity index (χ3v) is 12.1. The van der Waals surface area contributed by atoms with Crippen molar-refractivity contribution in [2.24, 2.45) is 23.7 Å². The molecule has 4 saturated carbocycles. The molecule has 38 heavy (non-hydrogen) atoms. The molecule has 6 rings (SSSR count). The Bertz CT molecular complexity index is 848. The second kappa shape index (κ2) is 13.0. The fourth-order valence-corrected chi connectivity index (χ4v) is 9.68. The number of piperidine rings is 1. The summed E-state index contributed by atoms with van der Waals surface area (Å²) in [7, 11) is 0.733. The first-order valence-corrected chi connectivity index (χ1v) is 17.6. The lowest BCUT2D eigenvalue weighted by molar-refractivity contribution is -0.928. The Morgan fingerprint density at radius 1 is 0.789 bits per heavy atom. The Morgan fingerprint density at radius 2 is 1.34 bits per heavy atom. The Hall–Kier alpha value is -0.450. The fourth-order valence-electron chi connectivity index (χ4n) is 8.98. The molecule has 6 heteroatoms. The lowest BCUT2D eigenvalue weighted by Gasteiger charge is -2.51. The third-order valence-electron chi connectivity index (χ3n) is 11.1. The number of hydrogen-bond acceptors (Lipinski definition) is 3. The van der Waals surface area contributed by atoms with Crippen LogP contribution in [0.2, 0.25) is 0 Å². The maximum Gasteiger partial charge on any atom is 0.472 e. The molecule has 216 valence electrons. The summed E-state index contributed by atoms with van der Waals surface area (Å²) in [6.45, 7) is 0.480. The average molecular weight is 549 g/mol. The first-order chi connectivity index (χ1) is 18.3. The van der Waals surface area contributed by atoms with Gasteiger partial charge >= 0.3 is 7.82 Å². The summed E-state index contributed by atoms with van der Waals surface area (Å²) in [5, 5.41) is 0. The number of allylic oxidation sites excluding steroid dienone is 2. The van der Waals surface area contributed by atoms with Crippen molar-refractivity contribution in [2.75, 3.05) is 27.3 Å². The molecule has 2 heterocycles. The van der Waals surface area contributed by atoms with E-state index in [9.17, 15) is 9.46 Å². The molecule has 0 amide bonds. The number of nitrogens with zero attached hydrogens (tertiary/aromatic N) is 1. The van der Waals surface area contributed by atoms with Crippen LogP contribution in [-0.2, 0) is 13.6 Å². The lowest BCUT2D eigenvalue weighted by Crippen LogP contribution is -2.52. The minimum absolute atomic E-state index is 0.176. The third kappa shape index (κ3) is 7.43. The molecule has 0 radical (unpaired) electrons. The standard InChI is InChI=1S/C32H54NO4P/c1-33(2)30-13-14-31(33)24-25(23-30)15-17-37-38(34,35)36-16-11-9-7-5-3-4-6-8-10-12-32-28-19-26-18-27(21-28)22-29(32)20-26/h12,15,26-31H,3-11,13-14,16-24H2,1-2H3/p+1/t26?,27?,28?,29?,30-,31+. The van der Waals surface area contributed by atoms with Crippen molar-refractivity contribution in [3.8, 4) is 0 Å². The van der Waals surface area contributed by atoms with Crippen LogP contribution in [0.25, 0.3) is 0 Å². The smallest absolute Gasteiger partial charge is 0.323 e.